The second-order valence-electron chi connectivity index (χ2n) is 12.2. The molecular weight excluding hydrogens is 572 g/mol. The second-order valence-corrected chi connectivity index (χ2v) is 12.2. The Morgan fingerprint density at radius 1 is 0.340 bits per heavy atom. The van der Waals surface area contributed by atoms with Crippen LogP contribution in [0.4, 0.5) is 0 Å². The summed E-state index contributed by atoms with van der Waals surface area (Å²) in [7, 11) is 0. The first-order valence-corrected chi connectivity index (χ1v) is 16.0. The van der Waals surface area contributed by atoms with E-state index in [4.69, 9.17) is 4.42 Å². The third kappa shape index (κ3) is 3.93. The molecule has 0 saturated heterocycles. The summed E-state index contributed by atoms with van der Waals surface area (Å²) in [5.41, 5.74) is 12.4. The fourth-order valence-corrected chi connectivity index (χ4v) is 7.36. The number of nitrogens with zero attached hydrogens (tertiary/aromatic N) is 2. The topological polar surface area (TPSA) is 23.0 Å². The molecule has 0 aliphatic rings. The van der Waals surface area contributed by atoms with Crippen molar-refractivity contribution in [2.45, 2.75) is 0 Å². The highest BCUT2D eigenvalue weighted by Gasteiger charge is 2.20. The van der Waals surface area contributed by atoms with Crippen LogP contribution in [-0.4, -0.2) is 9.13 Å². The van der Waals surface area contributed by atoms with Crippen molar-refractivity contribution < 1.29 is 4.42 Å². The molecule has 7 aromatic carbocycles. The normalized spacial score (nSPS) is 11.8. The van der Waals surface area contributed by atoms with E-state index in [0.717, 1.165) is 33.3 Å². The average molecular weight is 601 g/mol. The van der Waals surface area contributed by atoms with Gasteiger partial charge in [-0.3, -0.25) is 4.57 Å². The zero-order valence-electron chi connectivity index (χ0n) is 25.5. The Kier molecular flexibility index (Phi) is 5.57. The minimum absolute atomic E-state index is 0.878. The number of hydrogen-bond donors (Lipinski definition) is 0. The first-order chi connectivity index (χ1) is 23.3. The van der Waals surface area contributed by atoms with Gasteiger partial charge in [-0.1, -0.05) is 115 Å². The molecule has 0 spiro atoms. The maximum Gasteiger partial charge on any atom is 0.213 e. The van der Waals surface area contributed by atoms with E-state index in [9.17, 15) is 0 Å². The van der Waals surface area contributed by atoms with Crippen LogP contribution in [0.2, 0.25) is 0 Å². The molecule has 0 N–H and O–H groups in total. The van der Waals surface area contributed by atoms with Gasteiger partial charge in [-0.05, 0) is 76.9 Å². The average Bonchev–Trinajstić information content (AvgIpc) is 3.78. The molecule has 0 unspecified atom stereocenters. The smallest absolute Gasteiger partial charge is 0.213 e. The van der Waals surface area contributed by atoms with E-state index >= 15 is 0 Å². The van der Waals surface area contributed by atoms with E-state index in [1.165, 1.54) is 55.1 Å². The van der Waals surface area contributed by atoms with Gasteiger partial charge in [0.05, 0.1) is 21.9 Å². The number of fused-ring (bicyclic) bond motifs is 8. The molecule has 10 rings (SSSR count). The van der Waals surface area contributed by atoms with Crippen LogP contribution in [0, 0.1) is 0 Å². The van der Waals surface area contributed by atoms with E-state index in [1.807, 2.05) is 12.1 Å². The fourth-order valence-electron chi connectivity index (χ4n) is 7.36. The maximum atomic E-state index is 6.48. The van der Waals surface area contributed by atoms with Gasteiger partial charge in [-0.2, -0.15) is 0 Å². The van der Waals surface area contributed by atoms with Crippen molar-refractivity contribution in [1.29, 1.82) is 0 Å². The second kappa shape index (κ2) is 10.1. The minimum Gasteiger partial charge on any atom is -0.439 e. The SMILES string of the molecule is c1ccc(-n2c3ccccc3c3ccc(-c4ccc(-c5ccc6c(c5)c5c7ccccc7oc5n6-c5ccccc5)cc4)cc32)cc1. The minimum atomic E-state index is 0.878. The van der Waals surface area contributed by atoms with Crippen LogP contribution < -0.4 is 0 Å². The van der Waals surface area contributed by atoms with Gasteiger partial charge in [0.1, 0.15) is 5.58 Å². The molecule has 47 heavy (non-hydrogen) atoms. The van der Waals surface area contributed by atoms with Crippen LogP contribution in [0.15, 0.2) is 174 Å². The molecule has 0 bridgehead atoms. The van der Waals surface area contributed by atoms with Crippen LogP contribution >= 0.6 is 0 Å². The number of aromatic nitrogens is 2. The van der Waals surface area contributed by atoms with Crippen molar-refractivity contribution in [2.75, 3.05) is 0 Å². The predicted molar refractivity (Wildman–Crippen MR) is 196 cm³/mol. The van der Waals surface area contributed by atoms with Crippen LogP contribution in [0.5, 0.6) is 0 Å². The summed E-state index contributed by atoms with van der Waals surface area (Å²) in [6.07, 6.45) is 0. The molecule has 3 nitrogen and oxygen atoms in total. The molecule has 3 heterocycles. The Morgan fingerprint density at radius 3 is 1.62 bits per heavy atom. The largest absolute Gasteiger partial charge is 0.439 e. The van der Waals surface area contributed by atoms with Crippen LogP contribution in [0.25, 0.3) is 88.4 Å². The number of furan rings is 1. The van der Waals surface area contributed by atoms with Crippen molar-refractivity contribution in [3.63, 3.8) is 0 Å². The van der Waals surface area contributed by atoms with E-state index in [0.29, 0.717) is 0 Å². The Labute approximate surface area is 271 Å². The standard InChI is InChI=1S/C44H28N2O/c1-3-11-33(12-4-1)45-39-17-9-7-15-35(39)36-25-23-32(28-41(36)45)30-21-19-29(20-22-30)31-24-26-40-38(27-31)43-37-16-8-10-18-42(37)47-44(43)46(40)34-13-5-2-6-14-34/h1-28H. The summed E-state index contributed by atoms with van der Waals surface area (Å²) in [5, 5.41) is 6.01. The van der Waals surface area contributed by atoms with E-state index < -0.39 is 0 Å². The van der Waals surface area contributed by atoms with Gasteiger partial charge in [0.15, 0.2) is 0 Å². The quantitative estimate of drug-likeness (QED) is 0.197. The zero-order valence-corrected chi connectivity index (χ0v) is 25.5. The number of rotatable bonds is 4. The molecule has 0 aliphatic heterocycles. The Hall–Kier alpha value is -6.32. The van der Waals surface area contributed by atoms with Crippen LogP contribution in [0.1, 0.15) is 0 Å². The lowest BCUT2D eigenvalue weighted by Crippen LogP contribution is -1.93. The summed E-state index contributed by atoms with van der Waals surface area (Å²) in [6, 6.07) is 60.7. The Bertz CT molecular complexity index is 2760. The van der Waals surface area contributed by atoms with Crippen molar-refractivity contribution >= 4 is 54.8 Å². The number of benzene rings is 7. The lowest BCUT2D eigenvalue weighted by molar-refractivity contribution is 0.645. The monoisotopic (exact) mass is 600 g/mol. The lowest BCUT2D eigenvalue weighted by Gasteiger charge is -2.10. The summed E-state index contributed by atoms with van der Waals surface area (Å²) in [6.45, 7) is 0. The van der Waals surface area contributed by atoms with Crippen molar-refractivity contribution in [2.24, 2.45) is 0 Å². The molecule has 220 valence electrons. The first kappa shape index (κ1) is 26.0. The van der Waals surface area contributed by atoms with Crippen LogP contribution in [0.3, 0.4) is 0 Å². The lowest BCUT2D eigenvalue weighted by atomic mass is 9.98. The first-order valence-electron chi connectivity index (χ1n) is 16.0. The molecule has 10 aromatic rings. The molecule has 0 atom stereocenters. The maximum absolute atomic E-state index is 6.48. The molecular formula is C44H28N2O. The van der Waals surface area contributed by atoms with E-state index in [-0.39, 0.29) is 0 Å². The van der Waals surface area contributed by atoms with Crippen molar-refractivity contribution in [3.8, 4) is 33.6 Å². The molecule has 3 aromatic heterocycles. The molecule has 0 radical (unpaired) electrons. The highest BCUT2D eigenvalue weighted by Crippen LogP contribution is 2.41. The highest BCUT2D eigenvalue weighted by molar-refractivity contribution is 6.20. The molecule has 0 amide bonds. The number of hydrogen-bond acceptors (Lipinski definition) is 1. The summed E-state index contributed by atoms with van der Waals surface area (Å²) in [4.78, 5) is 0. The van der Waals surface area contributed by atoms with E-state index in [2.05, 4.69) is 167 Å². The third-order valence-electron chi connectivity index (χ3n) is 9.54. The van der Waals surface area contributed by atoms with Gasteiger partial charge in [-0.25, -0.2) is 0 Å². The van der Waals surface area contributed by atoms with E-state index in [1.54, 1.807) is 0 Å². The fraction of sp³-hybridized carbons (Fsp3) is 0. The molecule has 3 heteroatoms. The summed E-state index contributed by atoms with van der Waals surface area (Å²) >= 11 is 0. The van der Waals surface area contributed by atoms with Crippen molar-refractivity contribution in [1.82, 2.24) is 9.13 Å². The summed E-state index contributed by atoms with van der Waals surface area (Å²) in [5.74, 6) is 0. The van der Waals surface area contributed by atoms with Gasteiger partial charge in [0.2, 0.25) is 5.71 Å². The molecule has 0 fully saturated rings. The molecule has 0 saturated carbocycles. The third-order valence-corrected chi connectivity index (χ3v) is 9.54. The summed E-state index contributed by atoms with van der Waals surface area (Å²) < 4.78 is 11.1. The van der Waals surface area contributed by atoms with Gasteiger partial charge in [0.25, 0.3) is 0 Å². The van der Waals surface area contributed by atoms with Gasteiger partial charge < -0.3 is 8.98 Å². The zero-order chi connectivity index (χ0) is 30.9. The van der Waals surface area contributed by atoms with Gasteiger partial charge >= 0.3 is 0 Å². The predicted octanol–water partition coefficient (Wildman–Crippen LogP) is 12.0. The molecule has 0 aliphatic carbocycles. The highest BCUT2D eigenvalue weighted by atomic mass is 16.3. The van der Waals surface area contributed by atoms with Gasteiger partial charge in [-0.15, -0.1) is 0 Å². The Balaban J connectivity index is 1.10. The Morgan fingerprint density at radius 2 is 0.872 bits per heavy atom. The van der Waals surface area contributed by atoms with Gasteiger partial charge in [0, 0.05) is 32.9 Å². The van der Waals surface area contributed by atoms with Crippen LogP contribution in [-0.2, 0) is 0 Å². The van der Waals surface area contributed by atoms with Crippen molar-refractivity contribution in [3.05, 3.63) is 170 Å². The number of para-hydroxylation sites is 4.